The Morgan fingerprint density at radius 3 is 0.939 bits per heavy atom. The molecule has 0 aliphatic rings. The molecule has 1 N–H and O–H groups in total. The van der Waals surface area contributed by atoms with Crippen LogP contribution in [0.4, 0.5) is 87.8 Å². The van der Waals surface area contributed by atoms with Gasteiger partial charge in [-0.3, -0.25) is 4.55 Å². The Balaban J connectivity index is 3.91. The maximum absolute atomic E-state index is 14.7. The van der Waals surface area contributed by atoms with Crippen molar-refractivity contribution in [1.29, 1.82) is 0 Å². The molecule has 0 atom stereocenters. The standard InChI is InChI=1S/C24H22F20O3S2/c1-13(2,3)10-7-11(14(4,5)6)9-12(8-10)48-23(41,42)21(37,38)19(33,34)17(29,30)15(25,26)16(27,28)18(31,32)20(35,36)22(39,40)24(43,44)49(45,46)47/h7-9H,1-6H3,(H,45,46,47). The molecule has 0 radical (unpaired) electrons. The van der Waals surface area contributed by atoms with Gasteiger partial charge in [-0.05, 0) is 45.9 Å². The van der Waals surface area contributed by atoms with Crippen LogP contribution in [0.2, 0.25) is 0 Å². The second-order valence-electron chi connectivity index (χ2n) is 12.5. The SMILES string of the molecule is CC(C)(C)c1cc(SC(F)(F)C(F)(F)C(F)(F)C(F)(F)C(F)(F)C(F)(F)C(F)(F)C(F)(F)C(F)(F)C(F)(F)S(=O)(=O)O)cc(C(C)(C)C)c1. The summed E-state index contributed by atoms with van der Waals surface area (Å²) in [4.78, 5) is -1.19. The highest BCUT2D eigenvalue weighted by atomic mass is 32.2. The first-order chi connectivity index (χ1) is 20.8. The summed E-state index contributed by atoms with van der Waals surface area (Å²) in [6.45, 7) is 8.37. The first-order valence-corrected chi connectivity index (χ1v) is 14.6. The minimum absolute atomic E-state index is 0.0238. The molecule has 0 saturated carbocycles. The van der Waals surface area contributed by atoms with Crippen LogP contribution in [0, 0.1) is 0 Å². The van der Waals surface area contributed by atoms with Crippen molar-refractivity contribution in [3.8, 4) is 0 Å². The topological polar surface area (TPSA) is 54.4 Å². The van der Waals surface area contributed by atoms with E-state index in [-0.39, 0.29) is 11.1 Å². The first-order valence-electron chi connectivity index (χ1n) is 12.4. The average molecular weight is 803 g/mol. The third kappa shape index (κ3) is 6.53. The number of thioether (sulfide) groups is 1. The Morgan fingerprint density at radius 2 is 0.694 bits per heavy atom. The fourth-order valence-corrected chi connectivity index (χ4v) is 4.82. The maximum Gasteiger partial charge on any atom is 0.438 e. The molecule has 49 heavy (non-hydrogen) atoms. The predicted molar refractivity (Wildman–Crippen MR) is 131 cm³/mol. The number of rotatable bonds is 12. The van der Waals surface area contributed by atoms with Gasteiger partial charge >= 0.3 is 68.0 Å². The molecule has 0 bridgehead atoms. The molecular formula is C24H22F20O3S2. The van der Waals surface area contributed by atoms with E-state index in [0.29, 0.717) is 12.1 Å². The molecule has 0 aliphatic heterocycles. The fraction of sp³-hybridized carbons (Fsp3) is 0.750. The third-order valence-electron chi connectivity index (χ3n) is 6.70. The van der Waals surface area contributed by atoms with Crippen molar-refractivity contribution < 1.29 is 101 Å². The molecule has 0 aromatic heterocycles. The van der Waals surface area contributed by atoms with E-state index in [2.05, 4.69) is 0 Å². The number of benzene rings is 1. The molecule has 0 aliphatic carbocycles. The Morgan fingerprint density at radius 1 is 0.449 bits per heavy atom. The van der Waals surface area contributed by atoms with Crippen molar-refractivity contribution in [1.82, 2.24) is 0 Å². The molecule has 0 unspecified atom stereocenters. The van der Waals surface area contributed by atoms with Gasteiger partial charge in [-0.15, -0.1) is 0 Å². The summed E-state index contributed by atoms with van der Waals surface area (Å²) in [7, 11) is -8.10. The van der Waals surface area contributed by atoms with E-state index in [1.807, 2.05) is 0 Å². The lowest BCUT2D eigenvalue weighted by Crippen LogP contribution is -2.77. The maximum atomic E-state index is 14.7. The van der Waals surface area contributed by atoms with E-state index in [0.717, 1.165) is 0 Å². The van der Waals surface area contributed by atoms with Crippen LogP contribution in [-0.2, 0) is 20.9 Å². The number of hydrogen-bond donors (Lipinski definition) is 1. The van der Waals surface area contributed by atoms with Gasteiger partial charge in [0.15, 0.2) is 0 Å². The molecule has 0 saturated heterocycles. The Kier molecular flexibility index (Phi) is 10.9. The van der Waals surface area contributed by atoms with Gasteiger partial charge < -0.3 is 0 Å². The van der Waals surface area contributed by atoms with Gasteiger partial charge in [-0.1, -0.05) is 47.6 Å². The summed E-state index contributed by atoms with van der Waals surface area (Å²) in [6.07, 6.45) is 0. The summed E-state index contributed by atoms with van der Waals surface area (Å²) < 4.78 is 309. The van der Waals surface area contributed by atoms with Crippen LogP contribution in [0.5, 0.6) is 0 Å². The summed E-state index contributed by atoms with van der Waals surface area (Å²) in [6, 6.07) is 2.47. The molecule has 1 aromatic rings. The predicted octanol–water partition coefficient (Wildman–Crippen LogP) is 10.5. The van der Waals surface area contributed by atoms with E-state index < -0.39 is 95.5 Å². The van der Waals surface area contributed by atoms with Gasteiger partial charge in [-0.2, -0.15) is 96.2 Å². The largest absolute Gasteiger partial charge is 0.438 e. The normalized spacial score (nSPS) is 16.3. The fourth-order valence-electron chi connectivity index (χ4n) is 3.45. The second kappa shape index (κ2) is 11.8. The van der Waals surface area contributed by atoms with E-state index in [4.69, 9.17) is 4.55 Å². The number of alkyl halides is 20. The highest BCUT2D eigenvalue weighted by molar-refractivity contribution is 8.00. The van der Waals surface area contributed by atoms with Crippen molar-refractivity contribution in [3.05, 3.63) is 29.3 Å². The highest BCUT2D eigenvalue weighted by Crippen LogP contribution is 2.67. The average Bonchev–Trinajstić information content (AvgIpc) is 2.85. The zero-order valence-corrected chi connectivity index (χ0v) is 26.5. The lowest BCUT2D eigenvalue weighted by Gasteiger charge is -2.44. The highest BCUT2D eigenvalue weighted by Gasteiger charge is 2.98. The van der Waals surface area contributed by atoms with Crippen LogP contribution in [0.15, 0.2) is 23.1 Å². The Labute approximate surface area is 267 Å². The van der Waals surface area contributed by atoms with Crippen molar-refractivity contribution in [3.63, 3.8) is 0 Å². The zero-order chi connectivity index (χ0) is 40.1. The molecule has 0 heterocycles. The van der Waals surface area contributed by atoms with Crippen LogP contribution in [0.3, 0.4) is 0 Å². The van der Waals surface area contributed by atoms with Gasteiger partial charge in [-0.25, -0.2) is 0 Å². The van der Waals surface area contributed by atoms with Gasteiger partial charge in [0, 0.05) is 4.90 Å². The molecule has 25 heteroatoms. The lowest BCUT2D eigenvalue weighted by molar-refractivity contribution is -0.463. The summed E-state index contributed by atoms with van der Waals surface area (Å²) in [5.74, 6) is -71.5. The van der Waals surface area contributed by atoms with Gasteiger partial charge in [0.05, 0.1) is 0 Å². The molecule has 1 rings (SSSR count). The van der Waals surface area contributed by atoms with Crippen molar-refractivity contribution >= 4 is 21.9 Å². The zero-order valence-electron chi connectivity index (χ0n) is 24.9. The summed E-state index contributed by atoms with van der Waals surface area (Å²) in [5.41, 5.74) is -2.17. The van der Waals surface area contributed by atoms with Crippen LogP contribution in [-0.4, -0.2) is 70.9 Å². The smallest absolute Gasteiger partial charge is 0.281 e. The molecule has 0 fully saturated rings. The third-order valence-corrected chi connectivity index (χ3v) is 8.59. The van der Waals surface area contributed by atoms with E-state index in [1.54, 1.807) is 0 Å². The summed E-state index contributed by atoms with van der Waals surface area (Å²) >= 11 is -1.77. The number of hydrogen-bond acceptors (Lipinski definition) is 3. The molecule has 1 aromatic carbocycles. The van der Waals surface area contributed by atoms with Gasteiger partial charge in [0.2, 0.25) is 0 Å². The van der Waals surface area contributed by atoms with Crippen LogP contribution in [0.1, 0.15) is 52.7 Å². The molecule has 3 nitrogen and oxygen atoms in total. The Bertz CT molecular complexity index is 1470. The molecular weight excluding hydrogens is 780 g/mol. The van der Waals surface area contributed by atoms with Crippen molar-refractivity contribution in [2.24, 2.45) is 0 Å². The molecule has 288 valence electrons. The first kappa shape index (κ1) is 45.1. The molecule has 0 amide bonds. The van der Waals surface area contributed by atoms with Crippen molar-refractivity contribution in [2.45, 2.75) is 115 Å². The lowest BCUT2D eigenvalue weighted by atomic mass is 9.81. The monoisotopic (exact) mass is 802 g/mol. The van der Waals surface area contributed by atoms with Crippen LogP contribution in [0.25, 0.3) is 0 Å². The van der Waals surface area contributed by atoms with E-state index >= 15 is 0 Å². The van der Waals surface area contributed by atoms with E-state index in [1.165, 1.54) is 47.6 Å². The minimum atomic E-state index is -9.32. The quantitative estimate of drug-likeness (QED) is 0.130. The van der Waals surface area contributed by atoms with Crippen LogP contribution < -0.4 is 0 Å². The molecule has 0 spiro atoms. The second-order valence-corrected chi connectivity index (χ2v) is 15.1. The number of halogens is 20. The summed E-state index contributed by atoms with van der Waals surface area (Å²) in [5, 5.41) is -14.9. The minimum Gasteiger partial charge on any atom is -0.281 e. The van der Waals surface area contributed by atoms with E-state index in [9.17, 15) is 96.2 Å². The van der Waals surface area contributed by atoms with Crippen LogP contribution >= 0.6 is 11.8 Å². The van der Waals surface area contributed by atoms with Gasteiger partial charge in [0.1, 0.15) is 0 Å². The van der Waals surface area contributed by atoms with Crippen molar-refractivity contribution in [2.75, 3.05) is 0 Å². The Hall–Kier alpha value is -1.92. The van der Waals surface area contributed by atoms with Gasteiger partial charge in [0.25, 0.3) is 0 Å².